The number of ether oxygens (including phenoxy) is 3. The lowest BCUT2D eigenvalue weighted by molar-refractivity contribution is -0.167. The zero-order chi connectivity index (χ0) is 50.7. The Morgan fingerprint density at radius 3 is 0.786 bits per heavy atom. The van der Waals surface area contributed by atoms with Crippen molar-refractivity contribution in [2.75, 3.05) is 13.2 Å². The molecule has 70 heavy (non-hydrogen) atoms. The number of carbonyl (C=O) groups excluding carboxylic acids is 3. The largest absolute Gasteiger partial charge is 0.462 e. The Bertz CT molecular complexity index is 1220. The molecule has 0 aliphatic rings. The zero-order valence-electron chi connectivity index (χ0n) is 46.8. The van der Waals surface area contributed by atoms with Gasteiger partial charge >= 0.3 is 17.9 Å². The van der Waals surface area contributed by atoms with Crippen LogP contribution in [0.3, 0.4) is 0 Å². The first-order valence-corrected chi connectivity index (χ1v) is 30.6. The van der Waals surface area contributed by atoms with E-state index in [0.717, 1.165) is 70.6 Å². The molecule has 0 aliphatic heterocycles. The van der Waals surface area contributed by atoms with E-state index in [1.807, 2.05) is 0 Å². The molecule has 0 bridgehead atoms. The second kappa shape index (κ2) is 58.9. The lowest BCUT2D eigenvalue weighted by Gasteiger charge is -2.18. The minimum Gasteiger partial charge on any atom is -0.462 e. The van der Waals surface area contributed by atoms with E-state index in [-0.39, 0.29) is 31.1 Å². The molecule has 0 radical (unpaired) electrons. The van der Waals surface area contributed by atoms with Crippen molar-refractivity contribution in [2.24, 2.45) is 0 Å². The van der Waals surface area contributed by atoms with Crippen LogP contribution in [0.15, 0.2) is 48.6 Å². The van der Waals surface area contributed by atoms with Crippen LogP contribution in [0, 0.1) is 0 Å². The molecule has 0 rings (SSSR count). The van der Waals surface area contributed by atoms with Gasteiger partial charge in [-0.25, -0.2) is 0 Å². The van der Waals surface area contributed by atoms with Crippen LogP contribution in [0.5, 0.6) is 0 Å². The van der Waals surface area contributed by atoms with E-state index in [2.05, 4.69) is 69.4 Å². The molecule has 0 spiro atoms. The fourth-order valence-corrected chi connectivity index (χ4v) is 8.92. The fraction of sp³-hybridized carbons (Fsp3) is 0.828. The molecule has 6 nitrogen and oxygen atoms in total. The highest BCUT2D eigenvalue weighted by atomic mass is 16.6. The van der Waals surface area contributed by atoms with Gasteiger partial charge in [0, 0.05) is 19.3 Å². The van der Waals surface area contributed by atoms with Gasteiger partial charge in [0.15, 0.2) is 6.10 Å². The molecule has 0 amide bonds. The lowest BCUT2D eigenvalue weighted by atomic mass is 10.0. The van der Waals surface area contributed by atoms with Gasteiger partial charge in [-0.3, -0.25) is 14.4 Å². The SMILES string of the molecule is CCCCCCC/C=C\C/C=C\CCCCCCCCCCCCCC(=O)OCC(COC(=O)CCCCCCCC)OC(=O)CCCCCCCCCCCCC/C=C\C/C=C\CCCCCCC. The Kier molecular flexibility index (Phi) is 56.7. The maximum Gasteiger partial charge on any atom is 0.306 e. The molecule has 0 saturated carbocycles. The van der Waals surface area contributed by atoms with Crippen molar-refractivity contribution in [3.05, 3.63) is 48.6 Å². The van der Waals surface area contributed by atoms with Crippen molar-refractivity contribution in [1.82, 2.24) is 0 Å². The van der Waals surface area contributed by atoms with E-state index in [9.17, 15) is 14.4 Å². The Balaban J connectivity index is 4.10. The summed E-state index contributed by atoms with van der Waals surface area (Å²) in [5.74, 6) is -0.872. The molecule has 1 atom stereocenters. The van der Waals surface area contributed by atoms with Gasteiger partial charge in [-0.2, -0.15) is 0 Å². The molecule has 0 heterocycles. The highest BCUT2D eigenvalue weighted by Crippen LogP contribution is 2.16. The number of hydrogen-bond acceptors (Lipinski definition) is 6. The van der Waals surface area contributed by atoms with Crippen molar-refractivity contribution in [3.8, 4) is 0 Å². The van der Waals surface area contributed by atoms with Crippen LogP contribution in [-0.4, -0.2) is 37.2 Å². The Labute approximate surface area is 435 Å². The van der Waals surface area contributed by atoms with E-state index >= 15 is 0 Å². The predicted molar refractivity (Wildman–Crippen MR) is 302 cm³/mol. The van der Waals surface area contributed by atoms with E-state index < -0.39 is 6.10 Å². The highest BCUT2D eigenvalue weighted by Gasteiger charge is 2.19. The van der Waals surface area contributed by atoms with E-state index in [0.29, 0.717) is 19.3 Å². The average molecular weight is 982 g/mol. The van der Waals surface area contributed by atoms with Crippen molar-refractivity contribution in [1.29, 1.82) is 0 Å². The number of unbranched alkanes of at least 4 members (excludes halogenated alkanes) is 37. The zero-order valence-corrected chi connectivity index (χ0v) is 46.8. The van der Waals surface area contributed by atoms with E-state index in [1.165, 1.54) is 212 Å². The molecule has 0 aromatic carbocycles. The topological polar surface area (TPSA) is 78.9 Å². The molecule has 0 aliphatic carbocycles. The monoisotopic (exact) mass is 981 g/mol. The Hall–Kier alpha value is -2.63. The number of hydrogen-bond donors (Lipinski definition) is 0. The summed E-state index contributed by atoms with van der Waals surface area (Å²) in [6.45, 7) is 6.59. The maximum atomic E-state index is 12.8. The van der Waals surface area contributed by atoms with Gasteiger partial charge in [-0.1, -0.05) is 268 Å². The summed E-state index contributed by atoms with van der Waals surface area (Å²) in [5.41, 5.74) is 0. The average Bonchev–Trinajstić information content (AvgIpc) is 3.36. The van der Waals surface area contributed by atoms with Gasteiger partial charge in [0.2, 0.25) is 0 Å². The molecule has 0 saturated heterocycles. The Morgan fingerprint density at radius 2 is 0.514 bits per heavy atom. The second-order valence-corrected chi connectivity index (χ2v) is 20.6. The van der Waals surface area contributed by atoms with Crippen LogP contribution in [0.4, 0.5) is 0 Å². The summed E-state index contributed by atoms with van der Waals surface area (Å²) in [4.78, 5) is 38.0. The summed E-state index contributed by atoms with van der Waals surface area (Å²) in [6.07, 6.45) is 72.9. The Morgan fingerprint density at radius 1 is 0.286 bits per heavy atom. The molecule has 0 fully saturated rings. The molecular formula is C64H116O6. The molecule has 1 unspecified atom stereocenters. The van der Waals surface area contributed by atoms with Gasteiger partial charge in [-0.15, -0.1) is 0 Å². The van der Waals surface area contributed by atoms with Gasteiger partial charge in [0.25, 0.3) is 0 Å². The van der Waals surface area contributed by atoms with Crippen molar-refractivity contribution in [3.63, 3.8) is 0 Å². The molecule has 0 aromatic rings. The van der Waals surface area contributed by atoms with Crippen LogP contribution in [-0.2, 0) is 28.6 Å². The quantitative estimate of drug-likeness (QED) is 0.0261. The van der Waals surface area contributed by atoms with Crippen molar-refractivity contribution in [2.45, 2.75) is 329 Å². The second-order valence-electron chi connectivity index (χ2n) is 20.6. The first-order valence-electron chi connectivity index (χ1n) is 30.6. The number of rotatable bonds is 56. The molecule has 408 valence electrons. The van der Waals surface area contributed by atoms with Crippen LogP contribution < -0.4 is 0 Å². The number of esters is 3. The standard InChI is InChI=1S/C64H116O6/c1-4-7-10-13-16-18-20-22-24-26-28-30-32-34-36-38-40-42-44-46-48-51-54-57-63(66)69-60-61(59-68-62(65)56-53-50-15-12-9-6-3)70-64(67)58-55-52-49-47-45-43-41-39-37-35-33-31-29-27-25-23-21-19-17-14-11-8-5-2/h20-23,26-29,61H,4-19,24-25,30-60H2,1-3H3/b22-20-,23-21-,28-26-,29-27-. The van der Waals surface area contributed by atoms with Crippen LogP contribution in [0.25, 0.3) is 0 Å². The van der Waals surface area contributed by atoms with E-state index in [1.54, 1.807) is 0 Å². The van der Waals surface area contributed by atoms with Crippen LogP contribution in [0.2, 0.25) is 0 Å². The summed E-state index contributed by atoms with van der Waals surface area (Å²) < 4.78 is 16.8. The highest BCUT2D eigenvalue weighted by molar-refractivity contribution is 5.71. The normalized spacial score (nSPS) is 12.3. The first kappa shape index (κ1) is 67.4. The molecule has 0 N–H and O–H groups in total. The smallest absolute Gasteiger partial charge is 0.306 e. The summed E-state index contributed by atoms with van der Waals surface area (Å²) >= 11 is 0. The summed E-state index contributed by atoms with van der Waals surface area (Å²) in [5, 5.41) is 0. The molecule has 6 heteroatoms. The maximum absolute atomic E-state index is 12.8. The van der Waals surface area contributed by atoms with Gasteiger partial charge < -0.3 is 14.2 Å². The minimum atomic E-state index is -0.771. The third kappa shape index (κ3) is 56.3. The van der Waals surface area contributed by atoms with Crippen molar-refractivity contribution < 1.29 is 28.6 Å². The van der Waals surface area contributed by atoms with E-state index in [4.69, 9.17) is 14.2 Å². The van der Waals surface area contributed by atoms with Crippen molar-refractivity contribution >= 4 is 17.9 Å². The predicted octanol–water partition coefficient (Wildman–Crippen LogP) is 20.6. The number of allylic oxidation sites excluding steroid dienone is 8. The fourth-order valence-electron chi connectivity index (χ4n) is 8.92. The van der Waals surface area contributed by atoms with Gasteiger partial charge in [-0.05, 0) is 83.5 Å². The van der Waals surface area contributed by atoms with Gasteiger partial charge in [0.1, 0.15) is 13.2 Å². The van der Waals surface area contributed by atoms with Gasteiger partial charge in [0.05, 0.1) is 0 Å². The summed E-state index contributed by atoms with van der Waals surface area (Å²) in [6, 6.07) is 0. The summed E-state index contributed by atoms with van der Waals surface area (Å²) in [7, 11) is 0. The minimum absolute atomic E-state index is 0.0726. The van der Waals surface area contributed by atoms with Crippen LogP contribution in [0.1, 0.15) is 323 Å². The molecule has 0 aromatic heterocycles. The third-order valence-electron chi connectivity index (χ3n) is 13.6. The molecular weight excluding hydrogens is 865 g/mol. The van der Waals surface area contributed by atoms with Crippen LogP contribution >= 0.6 is 0 Å². The number of carbonyl (C=O) groups is 3. The third-order valence-corrected chi connectivity index (χ3v) is 13.6. The first-order chi connectivity index (χ1) is 34.5. The lowest BCUT2D eigenvalue weighted by Crippen LogP contribution is -2.30.